The number of hydrogen-bond acceptors (Lipinski definition) is 4. The molecule has 0 unspecified atom stereocenters. The van der Waals surface area contributed by atoms with Crippen molar-refractivity contribution in [2.45, 2.75) is 19.9 Å². The van der Waals surface area contributed by atoms with Gasteiger partial charge in [0.15, 0.2) is 0 Å². The van der Waals surface area contributed by atoms with Gasteiger partial charge in [-0.1, -0.05) is 0 Å². The molecule has 3 N–H and O–H groups in total. The van der Waals surface area contributed by atoms with Gasteiger partial charge in [-0.15, -0.1) is 10.1 Å². The predicted molar refractivity (Wildman–Crippen MR) is 28.8 cm³/mol. The first-order chi connectivity index (χ1) is 4.00. The highest BCUT2D eigenvalue weighted by molar-refractivity contribution is 4.35. The number of hydroxylamine groups is 1. The van der Waals surface area contributed by atoms with Gasteiger partial charge in [0.2, 0.25) is 0 Å². The summed E-state index contributed by atoms with van der Waals surface area (Å²) in [5.74, 6) is 0. The first-order valence-corrected chi connectivity index (χ1v) is 2.23. The molecule has 0 saturated heterocycles. The first kappa shape index (κ1) is 11.0. The van der Waals surface area contributed by atoms with Crippen LogP contribution in [0.2, 0.25) is 0 Å². The van der Waals surface area contributed by atoms with Gasteiger partial charge in [0.25, 0.3) is 5.09 Å². The molecule has 0 aromatic rings. The number of hydrogen-bond donors (Lipinski definition) is 3. The van der Waals surface area contributed by atoms with Gasteiger partial charge in [0.05, 0.1) is 0 Å². The maximum atomic E-state index is 8.36. The van der Waals surface area contributed by atoms with Gasteiger partial charge in [-0.2, -0.15) is 0 Å². The van der Waals surface area contributed by atoms with Crippen molar-refractivity contribution >= 4 is 0 Å². The van der Waals surface area contributed by atoms with Crippen LogP contribution in [0.1, 0.15) is 13.8 Å². The van der Waals surface area contributed by atoms with Gasteiger partial charge >= 0.3 is 0 Å². The highest BCUT2D eigenvalue weighted by Gasteiger charge is 1.78. The van der Waals surface area contributed by atoms with Crippen molar-refractivity contribution in [1.82, 2.24) is 5.48 Å². The minimum absolute atomic E-state index is 0.190. The summed E-state index contributed by atoms with van der Waals surface area (Å²) in [4.78, 5) is 8.36. The molecule has 0 aromatic carbocycles. The predicted octanol–water partition coefficient (Wildman–Crippen LogP) is 0.0259. The fourth-order valence-electron chi connectivity index (χ4n) is 0. The third kappa shape index (κ3) is 149. The third-order valence-electron chi connectivity index (χ3n) is 0.258. The van der Waals surface area contributed by atoms with Gasteiger partial charge in [-0.3, -0.25) is 0 Å². The molecule has 0 radical (unpaired) electrons. The summed E-state index contributed by atoms with van der Waals surface area (Å²) in [5.41, 5.74) is 2.03. The summed E-state index contributed by atoms with van der Waals surface area (Å²) in [5, 5.41) is 21.5. The van der Waals surface area contributed by atoms with E-state index in [4.69, 9.17) is 20.5 Å². The molecular weight excluding hydrogens is 128 g/mol. The van der Waals surface area contributed by atoms with Gasteiger partial charge in [0.1, 0.15) is 0 Å². The summed E-state index contributed by atoms with van der Waals surface area (Å²) < 4.78 is 0. The summed E-state index contributed by atoms with van der Waals surface area (Å²) in [6.45, 7) is 3.72. The summed E-state index contributed by atoms with van der Waals surface area (Å²) in [6, 6.07) is 0.190. The monoisotopic (exact) mass is 138 g/mol. The molecule has 0 amide bonds. The number of rotatable bonds is 1. The molecule has 0 spiro atoms. The molecule has 0 saturated carbocycles. The van der Waals surface area contributed by atoms with E-state index in [-0.39, 0.29) is 6.04 Å². The average molecular weight is 138 g/mol. The zero-order valence-electron chi connectivity index (χ0n) is 5.24. The van der Waals surface area contributed by atoms with Crippen molar-refractivity contribution in [3.63, 3.8) is 0 Å². The Hall–Kier alpha value is -0.880. The fourth-order valence-corrected chi connectivity index (χ4v) is 0. The van der Waals surface area contributed by atoms with Gasteiger partial charge < -0.3 is 10.4 Å². The molecule has 0 aliphatic carbocycles. The van der Waals surface area contributed by atoms with Crippen LogP contribution in [-0.4, -0.2) is 21.5 Å². The molecule has 0 rings (SSSR count). The Morgan fingerprint density at radius 3 is 1.78 bits per heavy atom. The van der Waals surface area contributed by atoms with E-state index in [9.17, 15) is 0 Å². The lowest BCUT2D eigenvalue weighted by molar-refractivity contribution is -0.742. The van der Waals surface area contributed by atoms with Crippen LogP contribution >= 0.6 is 0 Å². The molecule has 0 aromatic heterocycles. The van der Waals surface area contributed by atoms with Crippen LogP contribution < -0.4 is 5.48 Å². The van der Waals surface area contributed by atoms with Crippen molar-refractivity contribution in [2.75, 3.05) is 0 Å². The highest BCUT2D eigenvalue weighted by Crippen LogP contribution is 1.66. The minimum atomic E-state index is -1.50. The minimum Gasteiger partial charge on any atom is -0.328 e. The molecule has 0 aliphatic heterocycles. The van der Waals surface area contributed by atoms with Gasteiger partial charge in [-0.25, -0.2) is 5.48 Å². The standard InChI is InChI=1S/C3H9NO.HNO3/c1-3(2)4-5;2-1(3)4/h3-5H,1-2H3;(H,2,3,4). The molecular formula is C3H10N2O4. The van der Waals surface area contributed by atoms with Crippen LogP contribution in [0.25, 0.3) is 0 Å². The van der Waals surface area contributed by atoms with E-state index >= 15 is 0 Å². The Kier molecular flexibility index (Phi) is 8.69. The van der Waals surface area contributed by atoms with Crippen molar-refractivity contribution in [2.24, 2.45) is 0 Å². The van der Waals surface area contributed by atoms with Crippen molar-refractivity contribution in [3.05, 3.63) is 10.1 Å². The number of nitrogens with zero attached hydrogens (tertiary/aromatic N) is 1. The molecule has 0 bridgehead atoms. The zero-order chi connectivity index (χ0) is 7.86. The van der Waals surface area contributed by atoms with E-state index < -0.39 is 5.09 Å². The van der Waals surface area contributed by atoms with Crippen molar-refractivity contribution < 1.29 is 15.5 Å². The molecule has 0 fully saturated rings. The van der Waals surface area contributed by atoms with E-state index in [1.165, 1.54) is 0 Å². The molecule has 6 heteroatoms. The summed E-state index contributed by atoms with van der Waals surface area (Å²) >= 11 is 0. The molecule has 0 aliphatic rings. The SMILES string of the molecule is CC(C)NO.O=[N+]([O-])O. The Morgan fingerprint density at radius 1 is 1.67 bits per heavy atom. The van der Waals surface area contributed by atoms with Crippen LogP contribution in [0.3, 0.4) is 0 Å². The smallest absolute Gasteiger partial charge is 0.291 e. The Morgan fingerprint density at radius 2 is 1.78 bits per heavy atom. The Balaban J connectivity index is 0. The lowest BCUT2D eigenvalue weighted by Crippen LogP contribution is -2.16. The van der Waals surface area contributed by atoms with Gasteiger partial charge in [-0.05, 0) is 13.8 Å². The lowest BCUT2D eigenvalue weighted by Gasteiger charge is -1.93. The maximum Gasteiger partial charge on any atom is 0.291 e. The molecule has 0 heterocycles. The second kappa shape index (κ2) is 7.12. The van der Waals surface area contributed by atoms with E-state index in [1.54, 1.807) is 0 Å². The molecule has 0 atom stereocenters. The zero-order valence-corrected chi connectivity index (χ0v) is 5.24. The van der Waals surface area contributed by atoms with Crippen molar-refractivity contribution in [3.8, 4) is 0 Å². The Labute approximate surface area is 52.2 Å². The van der Waals surface area contributed by atoms with Crippen LogP contribution in [-0.2, 0) is 0 Å². The van der Waals surface area contributed by atoms with Crippen LogP contribution in [0, 0.1) is 10.1 Å². The quantitative estimate of drug-likeness (QED) is 0.351. The largest absolute Gasteiger partial charge is 0.328 e. The second-order valence-electron chi connectivity index (χ2n) is 1.52. The van der Waals surface area contributed by atoms with Crippen LogP contribution in [0.15, 0.2) is 0 Å². The topological polar surface area (TPSA) is 95.6 Å². The average Bonchev–Trinajstić information content (AvgIpc) is 1.65. The third-order valence-corrected chi connectivity index (χ3v) is 0.258. The normalized spacial score (nSPS) is 8.00. The van der Waals surface area contributed by atoms with Crippen LogP contribution in [0.5, 0.6) is 0 Å². The maximum absolute atomic E-state index is 8.36. The molecule has 9 heavy (non-hydrogen) atoms. The first-order valence-electron chi connectivity index (χ1n) is 2.23. The summed E-state index contributed by atoms with van der Waals surface area (Å²) in [6.07, 6.45) is 0. The van der Waals surface area contributed by atoms with Crippen molar-refractivity contribution in [1.29, 1.82) is 0 Å². The Bertz CT molecular complexity index is 70.2. The van der Waals surface area contributed by atoms with E-state index in [2.05, 4.69) is 0 Å². The molecule has 6 nitrogen and oxygen atoms in total. The molecule has 56 valence electrons. The van der Waals surface area contributed by atoms with E-state index in [0.717, 1.165) is 0 Å². The van der Waals surface area contributed by atoms with E-state index in [0.29, 0.717) is 0 Å². The summed E-state index contributed by atoms with van der Waals surface area (Å²) in [7, 11) is 0. The van der Waals surface area contributed by atoms with E-state index in [1.807, 2.05) is 19.3 Å². The second-order valence-corrected chi connectivity index (χ2v) is 1.52. The lowest BCUT2D eigenvalue weighted by atomic mass is 10.4. The number of nitrogens with one attached hydrogen (secondary N) is 1. The van der Waals surface area contributed by atoms with Crippen LogP contribution in [0.4, 0.5) is 0 Å². The highest BCUT2D eigenvalue weighted by atomic mass is 16.9. The van der Waals surface area contributed by atoms with Gasteiger partial charge in [0, 0.05) is 6.04 Å². The fraction of sp³-hybridized carbons (Fsp3) is 1.00.